The van der Waals surface area contributed by atoms with Crippen molar-refractivity contribution in [2.24, 2.45) is 5.92 Å². The maximum atomic E-state index is 12.2. The van der Waals surface area contributed by atoms with Crippen LogP contribution >= 0.6 is 0 Å². The molecule has 0 saturated carbocycles. The zero-order chi connectivity index (χ0) is 16.5. The van der Waals surface area contributed by atoms with Gasteiger partial charge in [-0.05, 0) is 27.7 Å². The normalized spacial score (nSPS) is 21.9. The van der Waals surface area contributed by atoms with Gasteiger partial charge in [-0.25, -0.2) is 14.5 Å². The van der Waals surface area contributed by atoms with Gasteiger partial charge in [0.1, 0.15) is 17.8 Å². The number of hydrogen-bond acceptors (Lipinski definition) is 5. The van der Waals surface area contributed by atoms with Gasteiger partial charge >= 0.3 is 12.1 Å². The third kappa shape index (κ3) is 3.37. The number of hydrogen-bond donors (Lipinski definition) is 1. The van der Waals surface area contributed by atoms with Crippen molar-refractivity contribution in [2.45, 2.75) is 45.8 Å². The molecular formula is C14H22N4O4. The average molecular weight is 310 g/mol. The number of nitrogens with zero attached hydrogens (tertiary/aromatic N) is 4. The molecule has 2 atom stereocenters. The van der Waals surface area contributed by atoms with E-state index in [4.69, 9.17) is 4.74 Å². The number of ether oxygens (including phenoxy) is 1. The van der Waals surface area contributed by atoms with E-state index in [9.17, 15) is 14.7 Å². The van der Waals surface area contributed by atoms with Crippen LogP contribution in [-0.2, 0) is 16.1 Å². The van der Waals surface area contributed by atoms with Crippen molar-refractivity contribution in [1.29, 1.82) is 0 Å². The van der Waals surface area contributed by atoms with Gasteiger partial charge in [0.2, 0.25) is 0 Å². The number of carboxylic acids is 1. The predicted molar refractivity (Wildman–Crippen MR) is 77.4 cm³/mol. The van der Waals surface area contributed by atoms with Crippen molar-refractivity contribution in [3.63, 3.8) is 0 Å². The topological polar surface area (TPSA) is 97.5 Å². The molecule has 1 fully saturated rings. The van der Waals surface area contributed by atoms with Crippen LogP contribution in [-0.4, -0.2) is 55.5 Å². The lowest BCUT2D eigenvalue weighted by Gasteiger charge is -2.24. The molecule has 0 aliphatic carbocycles. The Morgan fingerprint density at radius 2 is 2.09 bits per heavy atom. The van der Waals surface area contributed by atoms with Crippen molar-refractivity contribution in [1.82, 2.24) is 19.7 Å². The van der Waals surface area contributed by atoms with E-state index in [-0.39, 0.29) is 19.0 Å². The first-order chi connectivity index (χ1) is 10.2. The van der Waals surface area contributed by atoms with Gasteiger partial charge in [0.05, 0.1) is 11.8 Å². The Morgan fingerprint density at radius 3 is 2.64 bits per heavy atom. The molecule has 0 spiro atoms. The molecule has 22 heavy (non-hydrogen) atoms. The number of aryl methyl sites for hydroxylation is 1. The summed E-state index contributed by atoms with van der Waals surface area (Å²) in [6.45, 7) is 8.23. The van der Waals surface area contributed by atoms with E-state index >= 15 is 0 Å². The number of likely N-dealkylation sites (tertiary alicyclic amines) is 1. The molecule has 0 radical (unpaired) electrons. The van der Waals surface area contributed by atoms with Crippen LogP contribution in [0.2, 0.25) is 0 Å². The van der Waals surface area contributed by atoms with Gasteiger partial charge in [0.15, 0.2) is 0 Å². The van der Waals surface area contributed by atoms with Crippen LogP contribution in [0.5, 0.6) is 0 Å². The minimum Gasteiger partial charge on any atom is -0.481 e. The first-order valence-corrected chi connectivity index (χ1v) is 7.31. The van der Waals surface area contributed by atoms with Gasteiger partial charge < -0.3 is 14.7 Å². The quantitative estimate of drug-likeness (QED) is 0.904. The Labute approximate surface area is 129 Å². The van der Waals surface area contributed by atoms with E-state index in [1.807, 2.05) is 6.92 Å². The molecule has 0 aromatic carbocycles. The fourth-order valence-electron chi connectivity index (χ4n) is 2.60. The highest BCUT2D eigenvalue weighted by Gasteiger charge is 2.43. The monoisotopic (exact) mass is 310 g/mol. The SMILES string of the molecule is CCn1ncnc1C1CN(C(=O)OC(C)(C)C)CC1C(=O)O. The minimum atomic E-state index is -0.943. The number of carbonyl (C=O) groups is 2. The lowest BCUT2D eigenvalue weighted by Crippen LogP contribution is -2.36. The lowest BCUT2D eigenvalue weighted by molar-refractivity contribution is -0.141. The largest absolute Gasteiger partial charge is 0.481 e. The lowest BCUT2D eigenvalue weighted by atomic mass is 9.95. The predicted octanol–water partition coefficient (Wildman–Crippen LogP) is 1.33. The van der Waals surface area contributed by atoms with E-state index in [2.05, 4.69) is 10.1 Å². The Kier molecular flexibility index (Phi) is 4.39. The number of carbonyl (C=O) groups excluding carboxylic acids is 1. The number of carboxylic acid groups (broad SMARTS) is 1. The summed E-state index contributed by atoms with van der Waals surface area (Å²) in [5.41, 5.74) is -0.614. The number of aromatic nitrogens is 3. The number of amides is 1. The highest BCUT2D eigenvalue weighted by atomic mass is 16.6. The molecule has 1 N–H and O–H groups in total. The maximum Gasteiger partial charge on any atom is 0.410 e. The molecule has 1 aromatic heterocycles. The first-order valence-electron chi connectivity index (χ1n) is 7.31. The zero-order valence-corrected chi connectivity index (χ0v) is 13.3. The Balaban J connectivity index is 2.20. The molecule has 1 amide bonds. The molecule has 2 heterocycles. The van der Waals surface area contributed by atoms with Crippen molar-refractivity contribution in [3.8, 4) is 0 Å². The second-order valence-corrected chi connectivity index (χ2v) is 6.37. The van der Waals surface area contributed by atoms with Gasteiger partial charge in [-0.1, -0.05) is 0 Å². The number of aliphatic carboxylic acids is 1. The van der Waals surface area contributed by atoms with E-state index < -0.39 is 23.6 Å². The molecule has 0 bridgehead atoms. The van der Waals surface area contributed by atoms with Gasteiger partial charge in [-0.3, -0.25) is 4.79 Å². The van der Waals surface area contributed by atoms with E-state index in [1.165, 1.54) is 11.2 Å². The first kappa shape index (κ1) is 16.3. The minimum absolute atomic E-state index is 0.117. The van der Waals surface area contributed by atoms with E-state index in [0.29, 0.717) is 12.4 Å². The van der Waals surface area contributed by atoms with Crippen LogP contribution in [0.3, 0.4) is 0 Å². The third-order valence-corrected chi connectivity index (χ3v) is 3.57. The fourth-order valence-corrected chi connectivity index (χ4v) is 2.60. The third-order valence-electron chi connectivity index (χ3n) is 3.57. The Hall–Kier alpha value is -2.12. The number of rotatable bonds is 3. The Morgan fingerprint density at radius 1 is 1.41 bits per heavy atom. The highest BCUT2D eigenvalue weighted by Crippen LogP contribution is 2.32. The summed E-state index contributed by atoms with van der Waals surface area (Å²) in [4.78, 5) is 29.3. The van der Waals surface area contributed by atoms with Crippen molar-refractivity contribution < 1.29 is 19.4 Å². The van der Waals surface area contributed by atoms with Crippen molar-refractivity contribution >= 4 is 12.1 Å². The van der Waals surface area contributed by atoms with Crippen molar-refractivity contribution in [3.05, 3.63) is 12.2 Å². The van der Waals surface area contributed by atoms with Crippen LogP contribution in [0, 0.1) is 5.92 Å². The molecular weight excluding hydrogens is 288 g/mol. The molecule has 1 saturated heterocycles. The van der Waals surface area contributed by atoms with Crippen LogP contribution in [0.15, 0.2) is 6.33 Å². The molecule has 2 unspecified atom stereocenters. The summed E-state index contributed by atoms with van der Waals surface area (Å²) in [7, 11) is 0. The second-order valence-electron chi connectivity index (χ2n) is 6.37. The summed E-state index contributed by atoms with van der Waals surface area (Å²) in [6, 6.07) is 0. The van der Waals surface area contributed by atoms with Crippen LogP contribution < -0.4 is 0 Å². The molecule has 1 aromatic rings. The Bertz CT molecular complexity index is 563. The van der Waals surface area contributed by atoms with Gasteiger partial charge in [-0.2, -0.15) is 5.10 Å². The summed E-state index contributed by atoms with van der Waals surface area (Å²) >= 11 is 0. The average Bonchev–Trinajstić information content (AvgIpc) is 3.02. The van der Waals surface area contributed by atoms with Gasteiger partial charge in [0.25, 0.3) is 0 Å². The molecule has 2 rings (SSSR count). The van der Waals surface area contributed by atoms with Crippen LogP contribution in [0.1, 0.15) is 39.4 Å². The van der Waals surface area contributed by atoms with Crippen LogP contribution in [0.25, 0.3) is 0 Å². The summed E-state index contributed by atoms with van der Waals surface area (Å²) in [5.74, 6) is -1.43. The molecule has 1 aliphatic heterocycles. The highest BCUT2D eigenvalue weighted by molar-refractivity contribution is 5.75. The standard InChI is InChI=1S/C14H22N4O4/c1-5-18-11(15-8-16-18)9-6-17(7-10(9)12(19)20)13(21)22-14(2,3)4/h8-10H,5-7H2,1-4H3,(H,19,20). The zero-order valence-electron chi connectivity index (χ0n) is 13.3. The molecule has 1 aliphatic rings. The molecule has 8 nitrogen and oxygen atoms in total. The fraction of sp³-hybridized carbons (Fsp3) is 0.714. The van der Waals surface area contributed by atoms with Crippen LogP contribution in [0.4, 0.5) is 4.79 Å². The second kappa shape index (κ2) is 5.94. The van der Waals surface area contributed by atoms with Gasteiger partial charge in [-0.15, -0.1) is 0 Å². The molecule has 8 heteroatoms. The van der Waals surface area contributed by atoms with E-state index in [0.717, 1.165) is 0 Å². The van der Waals surface area contributed by atoms with E-state index in [1.54, 1.807) is 25.5 Å². The smallest absolute Gasteiger partial charge is 0.410 e. The summed E-state index contributed by atoms with van der Waals surface area (Å²) < 4.78 is 6.99. The molecule has 122 valence electrons. The summed E-state index contributed by atoms with van der Waals surface area (Å²) in [6.07, 6.45) is 0.914. The van der Waals surface area contributed by atoms with Gasteiger partial charge in [0, 0.05) is 19.6 Å². The summed E-state index contributed by atoms with van der Waals surface area (Å²) in [5, 5.41) is 13.5. The maximum absolute atomic E-state index is 12.2. The van der Waals surface area contributed by atoms with Crippen molar-refractivity contribution in [2.75, 3.05) is 13.1 Å².